The molecular weight excluding hydrogens is 380 g/mol. The number of Topliss-reactive ketones (excluding diaryl/α,β-unsaturated/α-hetero) is 1. The fourth-order valence-electron chi connectivity index (χ4n) is 3.28. The molecule has 1 saturated heterocycles. The fourth-order valence-corrected chi connectivity index (χ4v) is 3.28. The third-order valence-electron chi connectivity index (χ3n) is 4.88. The molecule has 4 rings (SSSR count). The highest BCUT2D eigenvalue weighted by molar-refractivity contribution is 5.95. The van der Waals surface area contributed by atoms with Gasteiger partial charge in [0.2, 0.25) is 17.8 Å². The summed E-state index contributed by atoms with van der Waals surface area (Å²) in [5.41, 5.74) is 2.22. The van der Waals surface area contributed by atoms with E-state index in [0.717, 1.165) is 43.1 Å². The molecule has 8 nitrogen and oxygen atoms in total. The van der Waals surface area contributed by atoms with Crippen molar-refractivity contribution in [3.8, 4) is 5.75 Å². The lowest BCUT2D eigenvalue weighted by Crippen LogP contribution is -2.21. The second-order valence-electron chi connectivity index (χ2n) is 7.09. The maximum absolute atomic E-state index is 11.7. The number of aromatic nitrogens is 3. The Kier molecular flexibility index (Phi) is 5.74. The zero-order valence-electron chi connectivity index (χ0n) is 17.1. The average molecular weight is 404 g/mol. The van der Waals surface area contributed by atoms with Crippen molar-refractivity contribution in [3.63, 3.8) is 0 Å². The van der Waals surface area contributed by atoms with Crippen LogP contribution in [0.3, 0.4) is 0 Å². The van der Waals surface area contributed by atoms with Crippen LogP contribution in [0.1, 0.15) is 30.1 Å². The fraction of sp³-hybridized carbons (Fsp3) is 0.273. The Morgan fingerprint density at radius 2 is 1.60 bits per heavy atom. The summed E-state index contributed by atoms with van der Waals surface area (Å²) in [5, 5.41) is 6.44. The lowest BCUT2D eigenvalue weighted by atomic mass is 10.1. The van der Waals surface area contributed by atoms with Gasteiger partial charge in [-0.2, -0.15) is 15.0 Å². The number of carbonyl (C=O) groups excluding carboxylic acids is 1. The summed E-state index contributed by atoms with van der Waals surface area (Å²) in [6, 6.07) is 14.8. The van der Waals surface area contributed by atoms with Gasteiger partial charge >= 0.3 is 0 Å². The number of nitrogens with zero attached hydrogens (tertiary/aromatic N) is 4. The van der Waals surface area contributed by atoms with E-state index in [-0.39, 0.29) is 5.78 Å². The molecule has 1 fully saturated rings. The number of hydrogen-bond acceptors (Lipinski definition) is 8. The van der Waals surface area contributed by atoms with Gasteiger partial charge in [0.05, 0.1) is 7.11 Å². The van der Waals surface area contributed by atoms with Crippen molar-refractivity contribution >= 4 is 35.0 Å². The van der Waals surface area contributed by atoms with E-state index in [1.807, 2.05) is 36.4 Å². The minimum Gasteiger partial charge on any atom is -0.497 e. The van der Waals surface area contributed by atoms with E-state index in [1.165, 1.54) is 0 Å². The molecule has 3 aromatic rings. The van der Waals surface area contributed by atoms with Crippen LogP contribution in [0.15, 0.2) is 48.5 Å². The van der Waals surface area contributed by atoms with Gasteiger partial charge in [-0.3, -0.25) is 4.79 Å². The Labute approximate surface area is 175 Å². The van der Waals surface area contributed by atoms with Crippen LogP contribution in [0.4, 0.5) is 29.2 Å². The molecular formula is C22H24N6O2. The summed E-state index contributed by atoms with van der Waals surface area (Å²) < 4.78 is 5.21. The van der Waals surface area contributed by atoms with Gasteiger partial charge in [0.25, 0.3) is 0 Å². The van der Waals surface area contributed by atoms with Gasteiger partial charge < -0.3 is 20.3 Å². The Hall–Kier alpha value is -3.68. The standard InChI is InChI=1S/C22H24N6O2/c1-15(29)16-6-5-7-18(14-16)24-21-25-20(23-17-8-10-19(30-2)11-9-17)26-22(27-21)28-12-3-4-13-28/h5-11,14H,3-4,12-13H2,1-2H3,(H2,23,24,25,26,27). The molecule has 1 aromatic heterocycles. The molecule has 154 valence electrons. The number of ketones is 1. The van der Waals surface area contributed by atoms with Gasteiger partial charge in [0.15, 0.2) is 5.78 Å². The van der Waals surface area contributed by atoms with Crippen molar-refractivity contribution in [3.05, 3.63) is 54.1 Å². The number of ether oxygens (including phenoxy) is 1. The highest BCUT2D eigenvalue weighted by atomic mass is 16.5. The maximum Gasteiger partial charge on any atom is 0.233 e. The maximum atomic E-state index is 11.7. The SMILES string of the molecule is COc1ccc(Nc2nc(Nc3cccc(C(C)=O)c3)nc(N3CCCC3)n2)cc1. The van der Waals surface area contributed by atoms with Gasteiger partial charge in [-0.25, -0.2) is 0 Å². The number of nitrogens with one attached hydrogen (secondary N) is 2. The molecule has 2 aromatic carbocycles. The van der Waals surface area contributed by atoms with E-state index in [4.69, 9.17) is 4.74 Å². The topological polar surface area (TPSA) is 92.3 Å². The van der Waals surface area contributed by atoms with Crippen LogP contribution in [0, 0.1) is 0 Å². The molecule has 0 radical (unpaired) electrons. The van der Waals surface area contributed by atoms with Gasteiger partial charge in [-0.1, -0.05) is 12.1 Å². The van der Waals surface area contributed by atoms with Crippen molar-refractivity contribution < 1.29 is 9.53 Å². The van der Waals surface area contributed by atoms with E-state index in [1.54, 1.807) is 26.2 Å². The quantitative estimate of drug-likeness (QED) is 0.567. The lowest BCUT2D eigenvalue weighted by Gasteiger charge is -2.17. The number of hydrogen-bond donors (Lipinski definition) is 2. The van der Waals surface area contributed by atoms with Crippen molar-refractivity contribution in [1.82, 2.24) is 15.0 Å². The molecule has 0 unspecified atom stereocenters. The summed E-state index contributed by atoms with van der Waals surface area (Å²) in [4.78, 5) is 27.6. The Balaban J connectivity index is 1.63. The van der Waals surface area contributed by atoms with Gasteiger partial charge in [0.1, 0.15) is 5.75 Å². The number of anilines is 5. The molecule has 1 aliphatic rings. The lowest BCUT2D eigenvalue weighted by molar-refractivity contribution is 0.101. The highest BCUT2D eigenvalue weighted by Crippen LogP contribution is 2.24. The van der Waals surface area contributed by atoms with Gasteiger partial charge in [0, 0.05) is 30.0 Å². The molecule has 2 heterocycles. The van der Waals surface area contributed by atoms with Crippen LogP contribution in [0.25, 0.3) is 0 Å². The zero-order chi connectivity index (χ0) is 20.9. The zero-order valence-corrected chi connectivity index (χ0v) is 17.1. The van der Waals surface area contributed by atoms with Crippen molar-refractivity contribution in [1.29, 1.82) is 0 Å². The van der Waals surface area contributed by atoms with E-state index >= 15 is 0 Å². The van der Waals surface area contributed by atoms with Crippen LogP contribution in [0.2, 0.25) is 0 Å². The summed E-state index contributed by atoms with van der Waals surface area (Å²) in [7, 11) is 1.63. The molecule has 8 heteroatoms. The second kappa shape index (κ2) is 8.77. The molecule has 0 spiro atoms. The third kappa shape index (κ3) is 4.65. The van der Waals surface area contributed by atoms with E-state index in [2.05, 4.69) is 30.5 Å². The average Bonchev–Trinajstić information content (AvgIpc) is 3.29. The first-order valence-electron chi connectivity index (χ1n) is 9.91. The first-order chi connectivity index (χ1) is 14.6. The van der Waals surface area contributed by atoms with Crippen LogP contribution in [-0.2, 0) is 0 Å². The normalized spacial score (nSPS) is 13.2. The highest BCUT2D eigenvalue weighted by Gasteiger charge is 2.18. The third-order valence-corrected chi connectivity index (χ3v) is 4.88. The minimum atomic E-state index is 0.00825. The first kappa shape index (κ1) is 19.6. The van der Waals surface area contributed by atoms with Crippen molar-refractivity contribution in [2.45, 2.75) is 19.8 Å². The molecule has 0 atom stereocenters. The number of carbonyl (C=O) groups is 1. The van der Waals surface area contributed by atoms with Crippen LogP contribution < -0.4 is 20.3 Å². The number of methoxy groups -OCH3 is 1. The predicted molar refractivity (Wildman–Crippen MR) is 117 cm³/mol. The summed E-state index contributed by atoms with van der Waals surface area (Å²) >= 11 is 0. The van der Waals surface area contributed by atoms with Gasteiger partial charge in [-0.05, 0) is 56.2 Å². The molecule has 0 aliphatic carbocycles. The van der Waals surface area contributed by atoms with Gasteiger partial charge in [-0.15, -0.1) is 0 Å². The van der Waals surface area contributed by atoms with Crippen LogP contribution >= 0.6 is 0 Å². The molecule has 1 aliphatic heterocycles. The number of benzene rings is 2. The Morgan fingerprint density at radius 1 is 0.933 bits per heavy atom. The Morgan fingerprint density at radius 3 is 2.23 bits per heavy atom. The summed E-state index contributed by atoms with van der Waals surface area (Å²) in [6.45, 7) is 3.39. The van der Waals surface area contributed by atoms with E-state index < -0.39 is 0 Å². The molecule has 2 N–H and O–H groups in total. The smallest absolute Gasteiger partial charge is 0.233 e. The van der Waals surface area contributed by atoms with Crippen LogP contribution in [0.5, 0.6) is 5.75 Å². The molecule has 0 saturated carbocycles. The van der Waals surface area contributed by atoms with Crippen molar-refractivity contribution in [2.75, 3.05) is 35.7 Å². The van der Waals surface area contributed by atoms with Crippen molar-refractivity contribution in [2.24, 2.45) is 0 Å². The number of rotatable bonds is 7. The predicted octanol–water partition coefficient (Wildman–Crippen LogP) is 4.17. The molecule has 0 bridgehead atoms. The first-order valence-corrected chi connectivity index (χ1v) is 9.91. The second-order valence-corrected chi connectivity index (χ2v) is 7.09. The largest absolute Gasteiger partial charge is 0.497 e. The Bertz CT molecular complexity index is 1030. The minimum absolute atomic E-state index is 0.00825. The summed E-state index contributed by atoms with van der Waals surface area (Å²) in [5.74, 6) is 2.28. The molecule has 30 heavy (non-hydrogen) atoms. The monoisotopic (exact) mass is 404 g/mol. The van der Waals surface area contributed by atoms with E-state index in [9.17, 15) is 4.79 Å². The molecule has 0 amide bonds. The summed E-state index contributed by atoms with van der Waals surface area (Å²) in [6.07, 6.45) is 2.24. The van der Waals surface area contributed by atoms with E-state index in [0.29, 0.717) is 23.4 Å². The van der Waals surface area contributed by atoms with Crippen LogP contribution in [-0.4, -0.2) is 40.9 Å².